The number of halogens is 1. The van der Waals surface area contributed by atoms with Crippen LogP contribution in [0.3, 0.4) is 0 Å². The predicted octanol–water partition coefficient (Wildman–Crippen LogP) is 1.38. The van der Waals surface area contributed by atoms with Gasteiger partial charge < -0.3 is 4.90 Å². The van der Waals surface area contributed by atoms with E-state index in [2.05, 4.69) is 4.98 Å². The minimum absolute atomic E-state index is 0.00259. The van der Waals surface area contributed by atoms with Crippen molar-refractivity contribution in [2.24, 2.45) is 0 Å². The Balaban J connectivity index is 2.20. The van der Waals surface area contributed by atoms with E-state index in [1.807, 2.05) is 0 Å². The van der Waals surface area contributed by atoms with Crippen LogP contribution in [0.2, 0.25) is 5.02 Å². The van der Waals surface area contributed by atoms with E-state index in [-0.39, 0.29) is 23.2 Å². The first-order chi connectivity index (χ1) is 8.92. The van der Waals surface area contributed by atoms with E-state index in [1.165, 1.54) is 12.4 Å². The smallest absolute Gasteiger partial charge is 0.255 e. The molecule has 1 aliphatic heterocycles. The third-order valence-electron chi connectivity index (χ3n) is 3.35. The molecule has 0 saturated carbocycles. The van der Waals surface area contributed by atoms with Crippen LogP contribution < -0.4 is 0 Å². The fraction of sp³-hybridized carbons (Fsp3) is 0.500. The first-order valence-electron chi connectivity index (χ1n) is 6.02. The van der Waals surface area contributed by atoms with Gasteiger partial charge in [-0.05, 0) is 19.4 Å². The molecular weight excluding hydrogens is 288 g/mol. The van der Waals surface area contributed by atoms with Crippen LogP contribution in [0.1, 0.15) is 23.7 Å². The highest BCUT2D eigenvalue weighted by Crippen LogP contribution is 2.19. The van der Waals surface area contributed by atoms with Gasteiger partial charge in [-0.2, -0.15) is 0 Å². The minimum atomic E-state index is -3.10. The number of hydrogen-bond acceptors (Lipinski definition) is 4. The Morgan fingerprint density at radius 3 is 2.89 bits per heavy atom. The second-order valence-corrected chi connectivity index (χ2v) is 7.56. The molecule has 2 heterocycles. The van der Waals surface area contributed by atoms with Gasteiger partial charge in [0, 0.05) is 25.5 Å². The quantitative estimate of drug-likeness (QED) is 0.786. The lowest BCUT2D eigenvalue weighted by Gasteiger charge is -2.20. The molecular formula is C12H15ClN2O3S. The molecule has 1 aromatic heterocycles. The van der Waals surface area contributed by atoms with Gasteiger partial charge in [-0.25, -0.2) is 8.42 Å². The number of rotatable bonds is 1. The van der Waals surface area contributed by atoms with Gasteiger partial charge in [-0.3, -0.25) is 9.78 Å². The standard InChI is InChI=1S/C12H15ClN2O3S/c1-9-3-5-15(6-7-19(9,17)18)12(16)10-2-4-14-8-11(10)13/h2,4,8-9H,3,5-7H2,1H3/t9-/m1/s1. The molecule has 1 fully saturated rings. The van der Waals surface area contributed by atoms with Crippen LogP contribution in [0.25, 0.3) is 0 Å². The van der Waals surface area contributed by atoms with E-state index in [9.17, 15) is 13.2 Å². The zero-order chi connectivity index (χ0) is 14.0. The Kier molecular flexibility index (Phi) is 4.10. The van der Waals surface area contributed by atoms with Crippen molar-refractivity contribution in [3.8, 4) is 0 Å². The highest BCUT2D eigenvalue weighted by atomic mass is 35.5. The molecule has 7 heteroatoms. The van der Waals surface area contributed by atoms with Gasteiger partial charge in [-0.1, -0.05) is 11.6 Å². The van der Waals surface area contributed by atoms with Crippen LogP contribution in [-0.2, 0) is 9.84 Å². The third kappa shape index (κ3) is 3.06. The van der Waals surface area contributed by atoms with Gasteiger partial charge in [0.1, 0.15) is 0 Å². The lowest BCUT2D eigenvalue weighted by Crippen LogP contribution is -2.33. The Hall–Kier alpha value is -1.14. The van der Waals surface area contributed by atoms with E-state index < -0.39 is 15.1 Å². The summed E-state index contributed by atoms with van der Waals surface area (Å²) < 4.78 is 23.6. The average molecular weight is 303 g/mol. The topological polar surface area (TPSA) is 67.3 Å². The van der Waals surface area contributed by atoms with Gasteiger partial charge in [0.2, 0.25) is 0 Å². The van der Waals surface area contributed by atoms with Crippen LogP contribution in [-0.4, -0.2) is 48.3 Å². The summed E-state index contributed by atoms with van der Waals surface area (Å²) in [6, 6.07) is 1.55. The fourth-order valence-corrected chi connectivity index (χ4v) is 3.53. The van der Waals surface area contributed by atoms with Crippen molar-refractivity contribution < 1.29 is 13.2 Å². The summed E-state index contributed by atoms with van der Waals surface area (Å²) in [5.41, 5.74) is 0.364. The lowest BCUT2D eigenvalue weighted by atomic mass is 10.2. The molecule has 2 rings (SSSR count). The van der Waals surface area contributed by atoms with E-state index in [1.54, 1.807) is 17.9 Å². The zero-order valence-electron chi connectivity index (χ0n) is 10.5. The van der Waals surface area contributed by atoms with Gasteiger partial charge in [0.25, 0.3) is 5.91 Å². The Bertz CT molecular complexity index is 588. The Morgan fingerprint density at radius 2 is 2.21 bits per heavy atom. The summed E-state index contributed by atoms with van der Waals surface area (Å²) in [5, 5.41) is -0.120. The fourth-order valence-electron chi connectivity index (χ4n) is 1.99. The minimum Gasteiger partial charge on any atom is -0.338 e. The van der Waals surface area contributed by atoms with Crippen molar-refractivity contribution in [2.75, 3.05) is 18.8 Å². The van der Waals surface area contributed by atoms with Gasteiger partial charge >= 0.3 is 0 Å². The normalized spacial score (nSPS) is 22.8. The molecule has 0 bridgehead atoms. The number of carbonyl (C=O) groups excluding carboxylic acids is 1. The monoisotopic (exact) mass is 302 g/mol. The first-order valence-corrected chi connectivity index (χ1v) is 8.11. The molecule has 5 nitrogen and oxygen atoms in total. The number of pyridine rings is 1. The van der Waals surface area contributed by atoms with Crippen molar-refractivity contribution in [3.63, 3.8) is 0 Å². The number of amides is 1. The van der Waals surface area contributed by atoms with Crippen molar-refractivity contribution in [1.82, 2.24) is 9.88 Å². The number of nitrogens with zero attached hydrogens (tertiary/aromatic N) is 2. The molecule has 1 atom stereocenters. The third-order valence-corrected chi connectivity index (χ3v) is 5.87. The first kappa shape index (κ1) is 14.3. The molecule has 0 radical (unpaired) electrons. The van der Waals surface area contributed by atoms with Crippen molar-refractivity contribution >= 4 is 27.3 Å². The second kappa shape index (κ2) is 5.46. The van der Waals surface area contributed by atoms with Crippen LogP contribution >= 0.6 is 11.6 Å². The summed E-state index contributed by atoms with van der Waals surface area (Å²) in [7, 11) is -3.10. The molecule has 0 aliphatic carbocycles. The lowest BCUT2D eigenvalue weighted by molar-refractivity contribution is 0.0767. The maximum Gasteiger partial charge on any atom is 0.255 e. The van der Waals surface area contributed by atoms with Gasteiger partial charge in [-0.15, -0.1) is 0 Å². The molecule has 1 aromatic rings. The largest absolute Gasteiger partial charge is 0.338 e. The molecule has 0 unspecified atom stereocenters. The Morgan fingerprint density at radius 1 is 1.47 bits per heavy atom. The van der Waals surface area contributed by atoms with E-state index in [0.717, 1.165) is 0 Å². The highest BCUT2D eigenvalue weighted by Gasteiger charge is 2.29. The van der Waals surface area contributed by atoms with Crippen molar-refractivity contribution in [2.45, 2.75) is 18.6 Å². The van der Waals surface area contributed by atoms with E-state index in [4.69, 9.17) is 11.6 Å². The Labute approximate surface area is 117 Å². The molecule has 1 amide bonds. The van der Waals surface area contributed by atoms with E-state index in [0.29, 0.717) is 18.5 Å². The van der Waals surface area contributed by atoms with Gasteiger partial charge in [0.05, 0.1) is 21.6 Å². The number of aromatic nitrogens is 1. The summed E-state index contributed by atoms with van der Waals surface area (Å²) >= 11 is 5.94. The summed E-state index contributed by atoms with van der Waals surface area (Å²) in [4.78, 5) is 17.7. The summed E-state index contributed by atoms with van der Waals surface area (Å²) in [6.07, 6.45) is 3.36. The van der Waals surface area contributed by atoms with Crippen molar-refractivity contribution in [3.05, 3.63) is 29.0 Å². The van der Waals surface area contributed by atoms with E-state index >= 15 is 0 Å². The predicted molar refractivity (Wildman–Crippen MR) is 73.0 cm³/mol. The SMILES string of the molecule is C[C@@H]1CCN(C(=O)c2ccncc2Cl)CCS1(=O)=O. The van der Waals surface area contributed by atoms with Crippen LogP contribution in [0, 0.1) is 0 Å². The molecule has 1 aliphatic rings. The van der Waals surface area contributed by atoms with Crippen molar-refractivity contribution in [1.29, 1.82) is 0 Å². The number of carbonyl (C=O) groups is 1. The maximum atomic E-state index is 12.3. The van der Waals surface area contributed by atoms with Gasteiger partial charge in [0.15, 0.2) is 9.84 Å². The molecule has 0 N–H and O–H groups in total. The average Bonchev–Trinajstić information content (AvgIpc) is 2.50. The molecule has 0 aromatic carbocycles. The molecule has 1 saturated heterocycles. The van der Waals surface area contributed by atoms with Crippen LogP contribution in [0.4, 0.5) is 0 Å². The molecule has 0 spiro atoms. The number of sulfone groups is 1. The summed E-state index contributed by atoms with van der Waals surface area (Å²) in [5.74, 6) is -0.237. The molecule has 104 valence electrons. The number of hydrogen-bond donors (Lipinski definition) is 0. The summed E-state index contributed by atoms with van der Waals surface area (Å²) in [6.45, 7) is 2.32. The second-order valence-electron chi connectivity index (χ2n) is 4.61. The highest BCUT2D eigenvalue weighted by molar-refractivity contribution is 7.92. The zero-order valence-corrected chi connectivity index (χ0v) is 12.1. The van der Waals surface area contributed by atoms with Crippen LogP contribution in [0.5, 0.6) is 0 Å². The maximum absolute atomic E-state index is 12.3. The molecule has 19 heavy (non-hydrogen) atoms. The van der Waals surface area contributed by atoms with Crippen LogP contribution in [0.15, 0.2) is 18.5 Å².